The number of furan rings is 1. The Kier molecular flexibility index (Phi) is 3.97. The number of amides is 1. The number of anilines is 2. The first-order chi connectivity index (χ1) is 14.2. The van der Waals surface area contributed by atoms with E-state index in [2.05, 4.69) is 15.6 Å². The molecule has 146 valence electrons. The molecule has 5 rings (SSSR count). The van der Waals surface area contributed by atoms with Crippen LogP contribution in [0.1, 0.15) is 10.5 Å². The van der Waals surface area contributed by atoms with Gasteiger partial charge in [-0.15, -0.1) is 0 Å². The Morgan fingerprint density at radius 3 is 3.03 bits per heavy atom. The highest BCUT2D eigenvalue weighted by atomic mass is 19.1. The maximum Gasteiger partial charge on any atom is 0.270 e. The van der Waals surface area contributed by atoms with E-state index in [-0.39, 0.29) is 11.7 Å². The van der Waals surface area contributed by atoms with Crippen LogP contribution in [0, 0.1) is 5.82 Å². The van der Waals surface area contributed by atoms with Crippen LogP contribution in [-0.4, -0.2) is 29.1 Å². The number of hydrogen-bond acceptors (Lipinski definition) is 5. The van der Waals surface area contributed by atoms with Crippen LogP contribution in [0.4, 0.5) is 15.8 Å². The van der Waals surface area contributed by atoms with E-state index in [0.717, 1.165) is 11.1 Å². The Bertz CT molecular complexity index is 1240. The van der Waals surface area contributed by atoms with Crippen LogP contribution in [-0.2, 0) is 6.54 Å². The summed E-state index contributed by atoms with van der Waals surface area (Å²) in [6, 6.07) is 8.22. The van der Waals surface area contributed by atoms with E-state index in [9.17, 15) is 9.18 Å². The van der Waals surface area contributed by atoms with E-state index in [1.807, 2.05) is 16.8 Å². The van der Waals surface area contributed by atoms with Crippen LogP contribution >= 0.6 is 0 Å². The maximum absolute atomic E-state index is 14.2. The Hall–Kier alpha value is -3.81. The van der Waals surface area contributed by atoms with E-state index in [0.29, 0.717) is 41.3 Å². The predicted molar refractivity (Wildman–Crippen MR) is 106 cm³/mol. The standard InChI is InChI=1S/C21H17FN4O3/c1-28-20-14(22)3-2-4-16(20)25-17-13(11-26-9-8-24-21(27)18(17)26)12-5-7-23-15-6-10-29-19(12)15/h2-7,10-11,25H,8-9H2,1H3,(H,24,27). The molecular formula is C21H17FN4O3. The number of para-hydroxylation sites is 1. The van der Waals surface area contributed by atoms with Crippen molar-refractivity contribution >= 4 is 28.4 Å². The first kappa shape index (κ1) is 17.3. The number of hydrogen-bond donors (Lipinski definition) is 2. The molecule has 0 fully saturated rings. The Morgan fingerprint density at radius 1 is 1.28 bits per heavy atom. The van der Waals surface area contributed by atoms with Crippen LogP contribution < -0.4 is 15.4 Å². The molecule has 0 radical (unpaired) electrons. The van der Waals surface area contributed by atoms with Crippen molar-refractivity contribution in [2.24, 2.45) is 0 Å². The molecule has 1 aliphatic rings. The molecule has 0 saturated carbocycles. The van der Waals surface area contributed by atoms with E-state index >= 15 is 0 Å². The number of carbonyl (C=O) groups is 1. The Morgan fingerprint density at radius 2 is 2.17 bits per heavy atom. The summed E-state index contributed by atoms with van der Waals surface area (Å²) in [6.07, 6.45) is 5.17. The fourth-order valence-electron chi connectivity index (χ4n) is 3.72. The lowest BCUT2D eigenvalue weighted by Gasteiger charge is -2.18. The minimum absolute atomic E-state index is 0.0764. The minimum atomic E-state index is -0.492. The normalized spacial score (nSPS) is 13.2. The lowest BCUT2D eigenvalue weighted by atomic mass is 10.1. The van der Waals surface area contributed by atoms with Gasteiger partial charge in [-0.25, -0.2) is 4.39 Å². The molecule has 3 aromatic heterocycles. The highest BCUT2D eigenvalue weighted by molar-refractivity contribution is 6.06. The van der Waals surface area contributed by atoms with E-state index < -0.39 is 5.82 Å². The molecule has 0 aliphatic carbocycles. The number of aromatic nitrogens is 2. The molecule has 1 aliphatic heterocycles. The number of methoxy groups -OCH3 is 1. The average molecular weight is 392 g/mol. The second-order valence-corrected chi connectivity index (χ2v) is 6.65. The van der Waals surface area contributed by atoms with Crippen molar-refractivity contribution < 1.29 is 18.3 Å². The number of fused-ring (bicyclic) bond motifs is 2. The lowest BCUT2D eigenvalue weighted by molar-refractivity contribution is 0.0929. The summed E-state index contributed by atoms with van der Waals surface area (Å²) in [7, 11) is 1.40. The molecule has 0 bridgehead atoms. The van der Waals surface area contributed by atoms with Gasteiger partial charge in [0, 0.05) is 42.7 Å². The summed E-state index contributed by atoms with van der Waals surface area (Å²) >= 11 is 0. The van der Waals surface area contributed by atoms with Crippen LogP contribution in [0.15, 0.2) is 53.4 Å². The van der Waals surface area contributed by atoms with Gasteiger partial charge in [0.25, 0.3) is 5.91 Å². The second-order valence-electron chi connectivity index (χ2n) is 6.65. The van der Waals surface area contributed by atoms with Gasteiger partial charge in [0.15, 0.2) is 17.1 Å². The van der Waals surface area contributed by atoms with E-state index in [1.165, 1.54) is 13.2 Å². The molecule has 0 spiro atoms. The molecule has 4 heterocycles. The first-order valence-corrected chi connectivity index (χ1v) is 9.11. The monoisotopic (exact) mass is 392 g/mol. The molecule has 0 atom stereocenters. The highest BCUT2D eigenvalue weighted by Crippen LogP contribution is 2.41. The topological polar surface area (TPSA) is 81.3 Å². The summed E-state index contributed by atoms with van der Waals surface area (Å²) in [4.78, 5) is 17.0. The molecule has 29 heavy (non-hydrogen) atoms. The molecule has 0 saturated heterocycles. The number of carbonyl (C=O) groups excluding carboxylic acids is 1. The SMILES string of the molecule is COc1c(F)cccc1Nc1c(-c2ccnc3ccoc23)cn2c1C(=O)NCC2. The number of halogens is 1. The summed E-state index contributed by atoms with van der Waals surface area (Å²) in [5.74, 6) is -0.619. The van der Waals surface area contributed by atoms with Gasteiger partial charge >= 0.3 is 0 Å². The predicted octanol–water partition coefficient (Wildman–Crippen LogP) is 3.93. The number of nitrogens with one attached hydrogen (secondary N) is 2. The largest absolute Gasteiger partial charge is 0.492 e. The third-order valence-electron chi connectivity index (χ3n) is 5.00. The van der Waals surface area contributed by atoms with Crippen molar-refractivity contribution in [1.82, 2.24) is 14.9 Å². The van der Waals surface area contributed by atoms with Gasteiger partial charge in [-0.1, -0.05) is 6.07 Å². The number of rotatable bonds is 4. The van der Waals surface area contributed by atoms with Crippen molar-refractivity contribution in [3.05, 3.63) is 60.5 Å². The molecule has 0 unspecified atom stereocenters. The van der Waals surface area contributed by atoms with Crippen molar-refractivity contribution in [1.29, 1.82) is 0 Å². The molecule has 1 aromatic carbocycles. The number of ether oxygens (including phenoxy) is 1. The van der Waals surface area contributed by atoms with Crippen LogP contribution in [0.2, 0.25) is 0 Å². The third kappa shape index (κ3) is 2.72. The minimum Gasteiger partial charge on any atom is -0.492 e. The van der Waals surface area contributed by atoms with Gasteiger partial charge in [0.05, 0.1) is 24.7 Å². The molecule has 4 aromatic rings. The average Bonchev–Trinajstić information content (AvgIpc) is 3.34. The molecule has 7 nitrogen and oxygen atoms in total. The van der Waals surface area contributed by atoms with Gasteiger partial charge in [0.1, 0.15) is 11.2 Å². The maximum atomic E-state index is 14.2. The molecule has 8 heteroatoms. The summed E-state index contributed by atoms with van der Waals surface area (Å²) < 4.78 is 27.0. The van der Waals surface area contributed by atoms with Gasteiger partial charge in [0.2, 0.25) is 0 Å². The zero-order valence-corrected chi connectivity index (χ0v) is 15.5. The second kappa shape index (κ2) is 6.66. The number of benzene rings is 1. The zero-order chi connectivity index (χ0) is 20.0. The van der Waals surface area contributed by atoms with Crippen molar-refractivity contribution in [2.75, 3.05) is 19.0 Å². The molecular weight excluding hydrogens is 375 g/mol. The van der Waals surface area contributed by atoms with Gasteiger partial charge < -0.3 is 24.4 Å². The third-order valence-corrected chi connectivity index (χ3v) is 5.00. The lowest BCUT2D eigenvalue weighted by Crippen LogP contribution is -2.35. The number of pyridine rings is 1. The fraction of sp³-hybridized carbons (Fsp3) is 0.143. The fourth-order valence-corrected chi connectivity index (χ4v) is 3.72. The van der Waals surface area contributed by atoms with Crippen molar-refractivity contribution in [3.63, 3.8) is 0 Å². The quantitative estimate of drug-likeness (QED) is 0.550. The number of nitrogens with zero attached hydrogens (tertiary/aromatic N) is 2. The van der Waals surface area contributed by atoms with Crippen molar-refractivity contribution in [3.8, 4) is 16.9 Å². The smallest absolute Gasteiger partial charge is 0.270 e. The Labute approximate surface area is 165 Å². The summed E-state index contributed by atoms with van der Waals surface area (Å²) in [5, 5.41) is 6.08. The highest BCUT2D eigenvalue weighted by Gasteiger charge is 2.27. The van der Waals surface area contributed by atoms with Gasteiger partial charge in [-0.3, -0.25) is 9.78 Å². The first-order valence-electron chi connectivity index (χ1n) is 9.11. The molecule has 1 amide bonds. The van der Waals surface area contributed by atoms with Crippen LogP contribution in [0.5, 0.6) is 5.75 Å². The summed E-state index contributed by atoms with van der Waals surface area (Å²) in [5.41, 5.74) is 4.31. The van der Waals surface area contributed by atoms with E-state index in [1.54, 1.807) is 30.7 Å². The van der Waals surface area contributed by atoms with Gasteiger partial charge in [-0.05, 0) is 18.2 Å². The van der Waals surface area contributed by atoms with Crippen molar-refractivity contribution in [2.45, 2.75) is 6.54 Å². The van der Waals surface area contributed by atoms with Crippen LogP contribution in [0.25, 0.3) is 22.2 Å². The molecule has 2 N–H and O–H groups in total. The zero-order valence-electron chi connectivity index (χ0n) is 15.5. The van der Waals surface area contributed by atoms with Crippen LogP contribution in [0.3, 0.4) is 0 Å². The van der Waals surface area contributed by atoms with E-state index in [4.69, 9.17) is 9.15 Å². The van der Waals surface area contributed by atoms with Gasteiger partial charge in [-0.2, -0.15) is 0 Å². The summed E-state index contributed by atoms with van der Waals surface area (Å²) in [6.45, 7) is 1.16. The Balaban J connectivity index is 1.74.